The largest absolute Gasteiger partial charge is 0.343 e. The molecule has 4 nitrogen and oxygen atoms in total. The van der Waals surface area contributed by atoms with E-state index in [1.807, 2.05) is 71.6 Å². The zero-order chi connectivity index (χ0) is 16.8. The normalized spacial score (nSPS) is 11.9. The predicted molar refractivity (Wildman–Crippen MR) is 97.1 cm³/mol. The van der Waals surface area contributed by atoms with Crippen LogP contribution in [0.15, 0.2) is 78.2 Å². The van der Waals surface area contributed by atoms with Gasteiger partial charge in [-0.25, -0.2) is 4.98 Å². The number of nitrogens with zero attached hydrogens (tertiary/aromatic N) is 2. The highest BCUT2D eigenvalue weighted by Gasteiger charge is 2.18. The van der Waals surface area contributed by atoms with Crippen LogP contribution < -0.4 is 5.32 Å². The Morgan fingerprint density at radius 3 is 2.62 bits per heavy atom. The molecule has 0 aliphatic carbocycles. The number of thioether (sulfide) groups is 1. The van der Waals surface area contributed by atoms with Crippen LogP contribution in [0.25, 0.3) is 0 Å². The highest BCUT2D eigenvalue weighted by molar-refractivity contribution is 7.98. The van der Waals surface area contributed by atoms with Crippen LogP contribution in [-0.4, -0.2) is 21.7 Å². The van der Waals surface area contributed by atoms with Crippen LogP contribution in [0.3, 0.4) is 0 Å². The van der Waals surface area contributed by atoms with Crippen molar-refractivity contribution in [3.8, 4) is 0 Å². The first kappa shape index (κ1) is 16.3. The summed E-state index contributed by atoms with van der Waals surface area (Å²) in [5.74, 6) is -0.0612. The number of aromatic nitrogens is 2. The van der Waals surface area contributed by atoms with Gasteiger partial charge in [0.25, 0.3) is 5.91 Å². The molecule has 0 fully saturated rings. The highest BCUT2D eigenvalue weighted by atomic mass is 32.2. The Kier molecular flexibility index (Phi) is 5.33. The molecule has 0 aliphatic rings. The summed E-state index contributed by atoms with van der Waals surface area (Å²) in [6.07, 6.45) is 7.38. The van der Waals surface area contributed by atoms with Crippen LogP contribution in [0.4, 0.5) is 0 Å². The molecule has 0 saturated heterocycles. The SMILES string of the molecule is CSc1ccccc1C(=O)NC(Cn1ccnc1)c1ccccc1. The minimum absolute atomic E-state index is 0.0612. The van der Waals surface area contributed by atoms with E-state index in [0.717, 1.165) is 10.5 Å². The standard InChI is InChI=1S/C19H19N3OS/c1-24-18-10-6-5-9-16(18)19(23)21-17(13-22-12-11-20-14-22)15-7-3-2-4-8-15/h2-12,14,17H,13H2,1H3,(H,21,23). The smallest absolute Gasteiger partial charge is 0.252 e. The Hall–Kier alpha value is -2.53. The third-order valence-corrected chi connectivity index (χ3v) is 4.61. The lowest BCUT2D eigenvalue weighted by Crippen LogP contribution is -2.31. The van der Waals surface area contributed by atoms with Gasteiger partial charge < -0.3 is 9.88 Å². The molecule has 1 heterocycles. The summed E-state index contributed by atoms with van der Waals surface area (Å²) in [5, 5.41) is 3.16. The molecule has 1 unspecified atom stereocenters. The van der Waals surface area contributed by atoms with Crippen molar-refractivity contribution < 1.29 is 4.79 Å². The molecular formula is C19H19N3OS. The fourth-order valence-electron chi connectivity index (χ4n) is 2.59. The van der Waals surface area contributed by atoms with Crippen LogP contribution in [0.2, 0.25) is 0 Å². The molecule has 0 saturated carbocycles. The first-order chi connectivity index (χ1) is 11.8. The van der Waals surface area contributed by atoms with Gasteiger partial charge in [-0.1, -0.05) is 42.5 Å². The summed E-state index contributed by atoms with van der Waals surface area (Å²) in [7, 11) is 0. The average Bonchev–Trinajstić information content (AvgIpc) is 3.15. The van der Waals surface area contributed by atoms with E-state index in [2.05, 4.69) is 10.3 Å². The van der Waals surface area contributed by atoms with Crippen molar-refractivity contribution in [2.45, 2.75) is 17.5 Å². The fourth-order valence-corrected chi connectivity index (χ4v) is 3.19. The molecule has 1 N–H and O–H groups in total. The maximum Gasteiger partial charge on any atom is 0.252 e. The molecule has 24 heavy (non-hydrogen) atoms. The molecule has 2 aromatic carbocycles. The summed E-state index contributed by atoms with van der Waals surface area (Å²) < 4.78 is 1.97. The summed E-state index contributed by atoms with van der Waals surface area (Å²) >= 11 is 1.58. The summed E-state index contributed by atoms with van der Waals surface area (Å²) in [6.45, 7) is 0.636. The second-order valence-corrected chi connectivity index (χ2v) is 6.24. The molecule has 122 valence electrons. The van der Waals surface area contributed by atoms with Gasteiger partial charge in [0.05, 0.1) is 17.9 Å². The van der Waals surface area contributed by atoms with Crippen LogP contribution in [0.5, 0.6) is 0 Å². The maximum atomic E-state index is 12.8. The second-order valence-electron chi connectivity index (χ2n) is 5.40. The Morgan fingerprint density at radius 2 is 1.92 bits per heavy atom. The zero-order valence-corrected chi connectivity index (χ0v) is 14.2. The predicted octanol–water partition coefficient (Wildman–Crippen LogP) is 3.78. The number of carbonyl (C=O) groups is 1. The Morgan fingerprint density at radius 1 is 1.17 bits per heavy atom. The number of nitrogens with one attached hydrogen (secondary N) is 1. The molecule has 1 aromatic heterocycles. The van der Waals surface area contributed by atoms with Crippen LogP contribution in [0.1, 0.15) is 22.0 Å². The van der Waals surface area contributed by atoms with Crippen molar-refractivity contribution >= 4 is 17.7 Å². The quantitative estimate of drug-likeness (QED) is 0.696. The minimum atomic E-state index is -0.122. The molecule has 1 amide bonds. The summed E-state index contributed by atoms with van der Waals surface area (Å²) in [4.78, 5) is 17.8. The van der Waals surface area contributed by atoms with Crippen molar-refractivity contribution in [2.75, 3.05) is 6.26 Å². The van der Waals surface area contributed by atoms with Gasteiger partial charge in [0.1, 0.15) is 0 Å². The minimum Gasteiger partial charge on any atom is -0.343 e. The second kappa shape index (κ2) is 7.84. The first-order valence-corrected chi connectivity index (χ1v) is 8.95. The van der Waals surface area contributed by atoms with Gasteiger partial charge in [-0.3, -0.25) is 4.79 Å². The topological polar surface area (TPSA) is 46.9 Å². The third-order valence-electron chi connectivity index (χ3n) is 3.81. The molecule has 0 aliphatic heterocycles. The van der Waals surface area contributed by atoms with Crippen LogP contribution in [0, 0.1) is 0 Å². The van der Waals surface area contributed by atoms with E-state index < -0.39 is 0 Å². The molecule has 5 heteroatoms. The first-order valence-electron chi connectivity index (χ1n) is 7.72. The van der Waals surface area contributed by atoms with E-state index in [4.69, 9.17) is 0 Å². The summed E-state index contributed by atoms with van der Waals surface area (Å²) in [6, 6.07) is 17.5. The van der Waals surface area contributed by atoms with Gasteiger partial charge in [-0.15, -0.1) is 11.8 Å². The molecule has 1 atom stereocenters. The summed E-state index contributed by atoms with van der Waals surface area (Å²) in [5.41, 5.74) is 1.78. The van der Waals surface area contributed by atoms with E-state index in [9.17, 15) is 4.79 Å². The van der Waals surface area contributed by atoms with E-state index in [-0.39, 0.29) is 11.9 Å². The van der Waals surface area contributed by atoms with Gasteiger partial charge in [0.15, 0.2) is 0 Å². The van der Waals surface area contributed by atoms with Gasteiger partial charge in [0, 0.05) is 23.8 Å². The van der Waals surface area contributed by atoms with Crippen molar-refractivity contribution in [1.82, 2.24) is 14.9 Å². The fraction of sp³-hybridized carbons (Fsp3) is 0.158. The van der Waals surface area contributed by atoms with Crippen molar-refractivity contribution in [1.29, 1.82) is 0 Å². The average molecular weight is 337 g/mol. The molecule has 3 aromatic rings. The van der Waals surface area contributed by atoms with Crippen LogP contribution >= 0.6 is 11.8 Å². The maximum absolute atomic E-state index is 12.8. The number of benzene rings is 2. The lowest BCUT2D eigenvalue weighted by molar-refractivity contribution is 0.0929. The number of hydrogen-bond donors (Lipinski definition) is 1. The molecule has 0 spiro atoms. The van der Waals surface area contributed by atoms with Gasteiger partial charge in [-0.2, -0.15) is 0 Å². The third kappa shape index (κ3) is 3.86. The number of carbonyl (C=O) groups excluding carboxylic acids is 1. The number of rotatable bonds is 6. The Labute approximate surface area is 145 Å². The van der Waals surface area contributed by atoms with Gasteiger partial charge in [-0.05, 0) is 24.0 Å². The number of hydrogen-bond acceptors (Lipinski definition) is 3. The molecular weight excluding hydrogens is 318 g/mol. The molecule has 3 rings (SSSR count). The molecule has 0 bridgehead atoms. The lowest BCUT2D eigenvalue weighted by atomic mass is 10.1. The lowest BCUT2D eigenvalue weighted by Gasteiger charge is -2.20. The van der Waals surface area contributed by atoms with E-state index in [0.29, 0.717) is 12.1 Å². The van der Waals surface area contributed by atoms with Gasteiger partial charge >= 0.3 is 0 Å². The van der Waals surface area contributed by atoms with Crippen molar-refractivity contribution in [3.63, 3.8) is 0 Å². The Bertz CT molecular complexity index is 787. The highest BCUT2D eigenvalue weighted by Crippen LogP contribution is 2.22. The van der Waals surface area contributed by atoms with E-state index >= 15 is 0 Å². The van der Waals surface area contributed by atoms with E-state index in [1.165, 1.54) is 0 Å². The monoisotopic (exact) mass is 337 g/mol. The van der Waals surface area contributed by atoms with Crippen LogP contribution in [-0.2, 0) is 6.54 Å². The van der Waals surface area contributed by atoms with Gasteiger partial charge in [0.2, 0.25) is 0 Å². The zero-order valence-electron chi connectivity index (χ0n) is 13.4. The van der Waals surface area contributed by atoms with Crippen molar-refractivity contribution in [3.05, 3.63) is 84.4 Å². The Balaban J connectivity index is 1.84. The van der Waals surface area contributed by atoms with E-state index in [1.54, 1.807) is 24.3 Å². The molecule has 0 radical (unpaired) electrons. The number of imidazole rings is 1. The van der Waals surface area contributed by atoms with Crippen molar-refractivity contribution in [2.24, 2.45) is 0 Å². The number of amides is 1.